The Morgan fingerprint density at radius 1 is 1.35 bits per heavy atom. The van der Waals surface area contributed by atoms with Gasteiger partial charge in [-0.05, 0) is 36.0 Å². The van der Waals surface area contributed by atoms with Crippen LogP contribution in [0.15, 0.2) is 24.3 Å². The third kappa shape index (κ3) is 4.09. The highest BCUT2D eigenvalue weighted by Gasteiger charge is 2.36. The Hall–Kier alpha value is -1.02. The van der Waals surface area contributed by atoms with E-state index in [1.807, 2.05) is 13.8 Å². The summed E-state index contributed by atoms with van der Waals surface area (Å²) in [5.74, 6) is 0.138. The van der Waals surface area contributed by atoms with Gasteiger partial charge in [0.25, 0.3) is 10.2 Å². The fourth-order valence-electron chi connectivity index (χ4n) is 3.28. The van der Waals surface area contributed by atoms with Crippen LogP contribution in [0, 0.1) is 17.7 Å². The lowest BCUT2D eigenvalue weighted by molar-refractivity contribution is 0.177. The van der Waals surface area contributed by atoms with E-state index in [1.54, 1.807) is 6.07 Å². The van der Waals surface area contributed by atoms with E-state index >= 15 is 0 Å². The molecule has 5 nitrogen and oxygen atoms in total. The predicted molar refractivity (Wildman–Crippen MR) is 87.4 cm³/mol. The van der Waals surface area contributed by atoms with E-state index in [4.69, 9.17) is 0 Å². The Morgan fingerprint density at radius 2 is 1.96 bits per heavy atom. The van der Waals surface area contributed by atoms with Crippen LogP contribution in [0.4, 0.5) is 4.39 Å². The van der Waals surface area contributed by atoms with Crippen molar-refractivity contribution in [2.45, 2.75) is 26.3 Å². The molecule has 0 unspecified atom stereocenters. The molecule has 1 aromatic rings. The van der Waals surface area contributed by atoms with Gasteiger partial charge in [-0.2, -0.15) is 17.0 Å². The Balaban J connectivity index is 2.26. The maximum Gasteiger partial charge on any atom is 0.282 e. The molecule has 0 amide bonds. The van der Waals surface area contributed by atoms with Crippen LogP contribution in [0.1, 0.15) is 31.9 Å². The number of nitrogens with zero attached hydrogens (tertiary/aromatic N) is 2. The Labute approximate surface area is 137 Å². The normalized spacial score (nSPS) is 24.8. The van der Waals surface area contributed by atoms with Crippen LogP contribution in [0.5, 0.6) is 0 Å². The topological polar surface area (TPSA) is 60.9 Å². The van der Waals surface area contributed by atoms with Crippen LogP contribution in [-0.2, 0) is 10.2 Å². The lowest BCUT2D eigenvalue weighted by Crippen LogP contribution is -2.49. The molecule has 0 aliphatic carbocycles. The molecule has 0 saturated carbocycles. The zero-order chi connectivity index (χ0) is 17.2. The van der Waals surface area contributed by atoms with Crippen LogP contribution in [0.25, 0.3) is 0 Å². The molecule has 1 aliphatic rings. The van der Waals surface area contributed by atoms with Crippen molar-refractivity contribution in [3.63, 3.8) is 0 Å². The summed E-state index contributed by atoms with van der Waals surface area (Å²) < 4.78 is 41.8. The average Bonchev–Trinajstić information content (AvgIpc) is 2.47. The third-order valence-electron chi connectivity index (χ3n) is 4.37. The number of aliphatic hydroxyl groups excluding tert-OH is 1. The van der Waals surface area contributed by atoms with Crippen LogP contribution < -0.4 is 0 Å². The van der Waals surface area contributed by atoms with Crippen molar-refractivity contribution in [3.8, 4) is 0 Å². The fourth-order valence-corrected chi connectivity index (χ4v) is 5.04. The largest absolute Gasteiger partial charge is 0.394 e. The van der Waals surface area contributed by atoms with Gasteiger partial charge in [-0.1, -0.05) is 26.0 Å². The van der Waals surface area contributed by atoms with Crippen molar-refractivity contribution in [1.82, 2.24) is 8.61 Å². The second-order valence-corrected chi connectivity index (χ2v) is 8.53. The minimum Gasteiger partial charge on any atom is -0.394 e. The van der Waals surface area contributed by atoms with Crippen LogP contribution >= 0.6 is 0 Å². The Kier molecular flexibility index (Phi) is 5.78. The van der Waals surface area contributed by atoms with E-state index in [0.717, 1.165) is 10.7 Å². The average molecular weight is 344 g/mol. The van der Waals surface area contributed by atoms with E-state index in [1.165, 1.54) is 29.6 Å². The van der Waals surface area contributed by atoms with Gasteiger partial charge < -0.3 is 5.11 Å². The fraction of sp³-hybridized carbons (Fsp3) is 0.625. The maximum absolute atomic E-state index is 13.4. The van der Waals surface area contributed by atoms with E-state index in [2.05, 4.69) is 0 Å². The quantitative estimate of drug-likeness (QED) is 0.889. The van der Waals surface area contributed by atoms with E-state index in [0.29, 0.717) is 30.5 Å². The molecule has 3 atom stereocenters. The van der Waals surface area contributed by atoms with Gasteiger partial charge in [0.2, 0.25) is 0 Å². The second kappa shape index (κ2) is 7.25. The number of hydrogen-bond donors (Lipinski definition) is 1. The number of halogens is 1. The standard InChI is InChI=1S/C16H25FN2O3S/c1-12-7-13(2)10-19(9-12)23(21,22)18(3)16(11-20)14-5-4-6-15(17)8-14/h4-6,8,12-13,16,20H,7,9-11H2,1-3H3/t12-,13+,16-/m1/s1. The van der Waals surface area contributed by atoms with E-state index in [9.17, 15) is 17.9 Å². The van der Waals surface area contributed by atoms with E-state index in [-0.39, 0.29) is 0 Å². The molecule has 2 rings (SSSR count). The first-order valence-electron chi connectivity index (χ1n) is 7.85. The number of benzene rings is 1. The van der Waals surface area contributed by atoms with Crippen molar-refractivity contribution in [2.24, 2.45) is 11.8 Å². The number of aliphatic hydroxyl groups is 1. The summed E-state index contributed by atoms with van der Waals surface area (Å²) in [6.45, 7) is 4.61. The lowest BCUT2D eigenvalue weighted by atomic mass is 9.94. The summed E-state index contributed by atoms with van der Waals surface area (Å²) in [5, 5.41) is 9.66. The highest BCUT2D eigenvalue weighted by molar-refractivity contribution is 7.86. The highest BCUT2D eigenvalue weighted by atomic mass is 32.2. The van der Waals surface area contributed by atoms with Crippen molar-refractivity contribution >= 4 is 10.2 Å². The van der Waals surface area contributed by atoms with Crippen LogP contribution in [0.3, 0.4) is 0 Å². The van der Waals surface area contributed by atoms with Crippen molar-refractivity contribution in [3.05, 3.63) is 35.6 Å². The number of rotatable bonds is 5. The summed E-state index contributed by atoms with van der Waals surface area (Å²) in [7, 11) is -2.28. The molecular weight excluding hydrogens is 319 g/mol. The molecule has 1 saturated heterocycles. The molecule has 23 heavy (non-hydrogen) atoms. The molecule has 1 fully saturated rings. The second-order valence-electron chi connectivity index (χ2n) is 6.54. The minimum atomic E-state index is -3.72. The Bertz CT molecular complexity index is 628. The van der Waals surface area contributed by atoms with Crippen LogP contribution in [0.2, 0.25) is 0 Å². The molecule has 1 aliphatic heterocycles. The zero-order valence-electron chi connectivity index (χ0n) is 13.8. The van der Waals surface area contributed by atoms with Crippen LogP contribution in [-0.4, -0.2) is 48.9 Å². The first-order valence-corrected chi connectivity index (χ1v) is 9.24. The van der Waals surface area contributed by atoms with Gasteiger partial charge in [0.1, 0.15) is 5.82 Å². The molecule has 0 radical (unpaired) electrons. The van der Waals surface area contributed by atoms with Crippen molar-refractivity contribution in [1.29, 1.82) is 0 Å². The summed E-state index contributed by atoms with van der Waals surface area (Å²) >= 11 is 0. The molecule has 0 spiro atoms. The van der Waals surface area contributed by atoms with Gasteiger partial charge >= 0.3 is 0 Å². The smallest absolute Gasteiger partial charge is 0.282 e. The molecular formula is C16H25FN2O3S. The SMILES string of the molecule is C[C@@H]1C[C@H](C)CN(S(=O)(=O)N(C)[C@H](CO)c2cccc(F)c2)C1. The van der Waals surface area contributed by atoms with Gasteiger partial charge in [0.05, 0.1) is 12.6 Å². The summed E-state index contributed by atoms with van der Waals surface area (Å²) in [6, 6.07) is 4.88. The van der Waals surface area contributed by atoms with Gasteiger partial charge in [0, 0.05) is 20.1 Å². The zero-order valence-corrected chi connectivity index (χ0v) is 14.6. The molecule has 7 heteroatoms. The molecule has 1 heterocycles. The third-order valence-corrected chi connectivity index (χ3v) is 6.30. The lowest BCUT2D eigenvalue weighted by Gasteiger charge is -2.38. The van der Waals surface area contributed by atoms with Gasteiger partial charge in [0.15, 0.2) is 0 Å². The van der Waals surface area contributed by atoms with Crippen molar-refractivity contribution in [2.75, 3.05) is 26.7 Å². The number of hydrogen-bond acceptors (Lipinski definition) is 3. The molecule has 1 N–H and O–H groups in total. The summed E-state index contributed by atoms with van der Waals surface area (Å²) in [5.41, 5.74) is 0.441. The predicted octanol–water partition coefficient (Wildman–Crippen LogP) is 2.01. The maximum atomic E-state index is 13.4. The van der Waals surface area contributed by atoms with Gasteiger partial charge in [-0.25, -0.2) is 4.39 Å². The first-order chi connectivity index (χ1) is 10.8. The Morgan fingerprint density at radius 3 is 2.48 bits per heavy atom. The molecule has 130 valence electrons. The summed E-state index contributed by atoms with van der Waals surface area (Å²) in [6.07, 6.45) is 1.00. The van der Waals surface area contributed by atoms with E-state index < -0.39 is 28.7 Å². The molecule has 0 aromatic heterocycles. The molecule has 1 aromatic carbocycles. The van der Waals surface area contributed by atoms with Gasteiger partial charge in [-0.3, -0.25) is 0 Å². The monoisotopic (exact) mass is 344 g/mol. The highest BCUT2D eigenvalue weighted by Crippen LogP contribution is 2.28. The first kappa shape index (κ1) is 18.3. The number of likely N-dealkylation sites (N-methyl/N-ethyl adjacent to an activating group) is 1. The summed E-state index contributed by atoms with van der Waals surface area (Å²) in [4.78, 5) is 0. The molecule has 0 bridgehead atoms. The van der Waals surface area contributed by atoms with Gasteiger partial charge in [-0.15, -0.1) is 0 Å². The van der Waals surface area contributed by atoms with Crippen molar-refractivity contribution < 1.29 is 17.9 Å². The minimum absolute atomic E-state index is 0.295. The number of piperidine rings is 1.